The number of benzene rings is 2. The molecule has 0 bridgehead atoms. The van der Waals surface area contributed by atoms with Crippen molar-refractivity contribution >= 4 is 29.2 Å². The molecule has 1 heterocycles. The lowest BCUT2D eigenvalue weighted by atomic mass is 10.0. The number of aromatic hydroxyl groups is 1. The second-order valence-corrected chi connectivity index (χ2v) is 9.08. The van der Waals surface area contributed by atoms with Gasteiger partial charge in [0.15, 0.2) is 0 Å². The van der Waals surface area contributed by atoms with Crippen LogP contribution in [-0.2, 0) is 0 Å². The molecular formula is C25H27ClN4O3. The second-order valence-electron chi connectivity index (χ2n) is 8.64. The molecule has 2 aromatic carbocycles. The van der Waals surface area contributed by atoms with E-state index in [1.807, 2.05) is 19.9 Å². The van der Waals surface area contributed by atoms with Gasteiger partial charge < -0.3 is 15.7 Å². The number of amides is 2. The zero-order valence-electron chi connectivity index (χ0n) is 18.6. The Morgan fingerprint density at radius 3 is 2.42 bits per heavy atom. The Morgan fingerprint density at radius 1 is 1.09 bits per heavy atom. The largest absolute Gasteiger partial charge is 0.507 e. The molecule has 33 heavy (non-hydrogen) atoms. The molecule has 4 rings (SSSR count). The van der Waals surface area contributed by atoms with Crippen molar-refractivity contribution in [3.8, 4) is 17.0 Å². The molecule has 1 aromatic heterocycles. The molecule has 8 heteroatoms. The maximum absolute atomic E-state index is 12.8. The smallest absolute Gasteiger partial charge is 0.342 e. The fraction of sp³-hybridized carbons (Fsp3) is 0.320. The summed E-state index contributed by atoms with van der Waals surface area (Å²) in [6, 6.07) is 13.0. The molecule has 2 amide bonds. The van der Waals surface area contributed by atoms with E-state index in [0.717, 1.165) is 31.4 Å². The molecule has 0 unspecified atom stereocenters. The lowest BCUT2D eigenvalue weighted by Crippen LogP contribution is -2.35. The molecule has 3 N–H and O–H groups in total. The summed E-state index contributed by atoms with van der Waals surface area (Å²) in [7, 11) is 0. The standard InChI is InChI=1S/C25H27ClN4O3/c1-15(2)27-25(33)30-22(16-5-3-4-6-16)14-21(29-30)20-12-11-19(13-23(20)31)28-24(32)17-7-9-18(26)10-8-17/h7-16,31H,3-6H2,1-2H3,(H,27,33)(H,28,32). The fourth-order valence-corrected chi connectivity index (χ4v) is 4.27. The molecule has 0 radical (unpaired) electrons. The molecule has 1 aliphatic carbocycles. The summed E-state index contributed by atoms with van der Waals surface area (Å²) < 4.78 is 1.43. The third kappa shape index (κ3) is 5.20. The number of halogens is 1. The van der Waals surface area contributed by atoms with Gasteiger partial charge in [0.25, 0.3) is 5.91 Å². The Hall–Kier alpha value is -3.32. The summed E-state index contributed by atoms with van der Waals surface area (Å²) >= 11 is 5.87. The van der Waals surface area contributed by atoms with Gasteiger partial charge in [-0.15, -0.1) is 0 Å². The quantitative estimate of drug-likeness (QED) is 0.443. The summed E-state index contributed by atoms with van der Waals surface area (Å²) in [6.45, 7) is 3.81. The topological polar surface area (TPSA) is 96.3 Å². The first kappa shape index (κ1) is 22.9. The molecule has 0 spiro atoms. The highest BCUT2D eigenvalue weighted by Crippen LogP contribution is 2.38. The molecule has 0 saturated heterocycles. The minimum Gasteiger partial charge on any atom is -0.507 e. The van der Waals surface area contributed by atoms with Crippen molar-refractivity contribution in [3.05, 3.63) is 64.8 Å². The molecule has 1 saturated carbocycles. The van der Waals surface area contributed by atoms with Crippen LogP contribution in [0.5, 0.6) is 5.75 Å². The van der Waals surface area contributed by atoms with Gasteiger partial charge in [-0.05, 0) is 69.2 Å². The van der Waals surface area contributed by atoms with Gasteiger partial charge >= 0.3 is 6.03 Å². The average molecular weight is 467 g/mol. The number of nitrogens with one attached hydrogen (secondary N) is 2. The van der Waals surface area contributed by atoms with Gasteiger partial charge in [0.2, 0.25) is 0 Å². The normalized spacial score (nSPS) is 13.9. The van der Waals surface area contributed by atoms with E-state index in [4.69, 9.17) is 11.6 Å². The van der Waals surface area contributed by atoms with E-state index in [0.29, 0.717) is 27.5 Å². The van der Waals surface area contributed by atoms with E-state index < -0.39 is 0 Å². The van der Waals surface area contributed by atoms with Crippen LogP contribution in [0, 0.1) is 0 Å². The zero-order chi connectivity index (χ0) is 23.5. The van der Waals surface area contributed by atoms with Gasteiger partial charge in [-0.2, -0.15) is 9.78 Å². The van der Waals surface area contributed by atoms with Gasteiger partial charge in [-0.1, -0.05) is 24.4 Å². The highest BCUT2D eigenvalue weighted by molar-refractivity contribution is 6.30. The van der Waals surface area contributed by atoms with E-state index in [-0.39, 0.29) is 29.6 Å². The second kappa shape index (κ2) is 9.67. The first-order chi connectivity index (χ1) is 15.8. The van der Waals surface area contributed by atoms with Crippen molar-refractivity contribution in [3.63, 3.8) is 0 Å². The van der Waals surface area contributed by atoms with E-state index >= 15 is 0 Å². The van der Waals surface area contributed by atoms with E-state index in [1.54, 1.807) is 36.4 Å². The number of carbonyl (C=O) groups is 2. The van der Waals surface area contributed by atoms with Gasteiger partial charge in [0, 0.05) is 39.9 Å². The van der Waals surface area contributed by atoms with Gasteiger partial charge in [-0.25, -0.2) is 4.79 Å². The Kier molecular flexibility index (Phi) is 6.70. The fourth-order valence-electron chi connectivity index (χ4n) is 4.14. The van der Waals surface area contributed by atoms with Crippen LogP contribution < -0.4 is 10.6 Å². The van der Waals surface area contributed by atoms with Gasteiger partial charge in [-0.3, -0.25) is 4.79 Å². The number of hydrogen-bond acceptors (Lipinski definition) is 4. The molecule has 3 aromatic rings. The minimum absolute atomic E-state index is 0.0153. The van der Waals surface area contributed by atoms with Crippen molar-refractivity contribution in [1.29, 1.82) is 0 Å². The lowest BCUT2D eigenvalue weighted by molar-refractivity contribution is 0.102. The third-order valence-electron chi connectivity index (χ3n) is 5.75. The molecule has 0 atom stereocenters. The van der Waals surface area contributed by atoms with Crippen molar-refractivity contribution in [2.24, 2.45) is 0 Å². The predicted octanol–water partition coefficient (Wildman–Crippen LogP) is 5.79. The number of anilines is 1. The van der Waals surface area contributed by atoms with Gasteiger partial charge in [0.1, 0.15) is 5.75 Å². The number of rotatable bonds is 5. The van der Waals surface area contributed by atoms with Crippen LogP contribution in [0.25, 0.3) is 11.3 Å². The van der Waals surface area contributed by atoms with Crippen LogP contribution in [0.2, 0.25) is 5.02 Å². The molecule has 0 aliphatic heterocycles. The number of phenols is 1. The van der Waals surface area contributed by atoms with Crippen molar-refractivity contribution in [1.82, 2.24) is 15.1 Å². The highest BCUT2D eigenvalue weighted by atomic mass is 35.5. The number of nitrogens with zero attached hydrogens (tertiary/aromatic N) is 2. The summed E-state index contributed by atoms with van der Waals surface area (Å²) in [6.07, 6.45) is 4.29. The Morgan fingerprint density at radius 2 is 1.79 bits per heavy atom. The van der Waals surface area contributed by atoms with E-state index in [1.165, 1.54) is 10.7 Å². The summed E-state index contributed by atoms with van der Waals surface area (Å²) in [5.41, 5.74) is 2.78. The van der Waals surface area contributed by atoms with Gasteiger partial charge in [0.05, 0.1) is 11.4 Å². The summed E-state index contributed by atoms with van der Waals surface area (Å²) in [5, 5.41) is 21.4. The highest BCUT2D eigenvalue weighted by Gasteiger charge is 2.26. The number of phenolic OH excluding ortho intramolecular Hbond substituents is 1. The maximum Gasteiger partial charge on any atom is 0.342 e. The number of aromatic nitrogens is 2. The first-order valence-electron chi connectivity index (χ1n) is 11.1. The molecule has 1 fully saturated rings. The van der Waals surface area contributed by atoms with E-state index in [2.05, 4.69) is 15.7 Å². The van der Waals surface area contributed by atoms with Crippen LogP contribution in [0.15, 0.2) is 48.5 Å². The molecule has 1 aliphatic rings. The first-order valence-corrected chi connectivity index (χ1v) is 11.5. The van der Waals surface area contributed by atoms with Crippen LogP contribution in [0.3, 0.4) is 0 Å². The average Bonchev–Trinajstić information content (AvgIpc) is 3.44. The van der Waals surface area contributed by atoms with Crippen LogP contribution in [-0.4, -0.2) is 32.9 Å². The number of hydrogen-bond donors (Lipinski definition) is 3. The molecule has 7 nitrogen and oxygen atoms in total. The SMILES string of the molecule is CC(C)NC(=O)n1nc(-c2ccc(NC(=O)c3ccc(Cl)cc3)cc2O)cc1C1CCCC1. The molecule has 172 valence electrons. The number of carbonyl (C=O) groups excluding carboxylic acids is 2. The zero-order valence-corrected chi connectivity index (χ0v) is 19.4. The minimum atomic E-state index is -0.308. The van der Waals surface area contributed by atoms with Crippen LogP contribution in [0.4, 0.5) is 10.5 Å². The lowest BCUT2D eigenvalue weighted by Gasteiger charge is -2.13. The van der Waals surface area contributed by atoms with Crippen LogP contribution in [0.1, 0.15) is 61.5 Å². The molecular weight excluding hydrogens is 440 g/mol. The summed E-state index contributed by atoms with van der Waals surface area (Å²) in [5.74, 6) is -0.0722. The Labute approximate surface area is 197 Å². The van der Waals surface area contributed by atoms with Crippen molar-refractivity contribution in [2.75, 3.05) is 5.32 Å². The summed E-state index contributed by atoms with van der Waals surface area (Å²) in [4.78, 5) is 25.2. The van der Waals surface area contributed by atoms with Crippen LogP contribution >= 0.6 is 11.6 Å². The van der Waals surface area contributed by atoms with Crippen molar-refractivity contribution < 1.29 is 14.7 Å². The Balaban J connectivity index is 1.60. The van der Waals surface area contributed by atoms with Crippen molar-refractivity contribution in [2.45, 2.75) is 51.5 Å². The monoisotopic (exact) mass is 466 g/mol. The maximum atomic E-state index is 12.8. The Bertz CT molecular complexity index is 1160. The third-order valence-corrected chi connectivity index (χ3v) is 6.00. The van der Waals surface area contributed by atoms with E-state index in [9.17, 15) is 14.7 Å². The predicted molar refractivity (Wildman–Crippen MR) is 129 cm³/mol.